The Kier molecular flexibility index (Phi) is 4.41. The third-order valence-corrected chi connectivity index (χ3v) is 3.34. The number of ether oxygens (including phenoxy) is 1. The average molecular weight is 256 g/mol. The molecule has 18 heavy (non-hydrogen) atoms. The summed E-state index contributed by atoms with van der Waals surface area (Å²) in [5.41, 5.74) is 0. The lowest BCUT2D eigenvalue weighted by atomic mass is 10.1. The van der Waals surface area contributed by atoms with Crippen LogP contribution in [0.4, 0.5) is 4.79 Å². The minimum atomic E-state index is -0.960. The summed E-state index contributed by atoms with van der Waals surface area (Å²) in [6.07, 6.45) is 3.80. The van der Waals surface area contributed by atoms with Gasteiger partial charge in [0, 0.05) is 25.8 Å². The first-order valence-electron chi connectivity index (χ1n) is 6.50. The predicted molar refractivity (Wildman–Crippen MR) is 64.3 cm³/mol. The van der Waals surface area contributed by atoms with Crippen LogP contribution in [0.3, 0.4) is 0 Å². The molecule has 0 spiro atoms. The summed E-state index contributed by atoms with van der Waals surface area (Å²) >= 11 is 0. The fourth-order valence-corrected chi connectivity index (χ4v) is 2.10. The van der Waals surface area contributed by atoms with E-state index in [0.29, 0.717) is 25.7 Å². The van der Waals surface area contributed by atoms with Gasteiger partial charge in [0.1, 0.15) is 6.54 Å². The summed E-state index contributed by atoms with van der Waals surface area (Å²) in [6.45, 7) is 1.66. The molecule has 0 aromatic rings. The van der Waals surface area contributed by atoms with Gasteiger partial charge in [-0.15, -0.1) is 0 Å². The maximum atomic E-state index is 12.0. The Morgan fingerprint density at radius 1 is 1.22 bits per heavy atom. The van der Waals surface area contributed by atoms with Crippen LogP contribution in [0.5, 0.6) is 0 Å². The Labute approximate surface area is 106 Å². The Hall–Kier alpha value is -1.30. The molecule has 0 radical (unpaired) electrons. The number of rotatable bonds is 5. The molecule has 102 valence electrons. The second-order valence-corrected chi connectivity index (χ2v) is 5.05. The van der Waals surface area contributed by atoms with E-state index in [-0.39, 0.29) is 18.6 Å². The van der Waals surface area contributed by atoms with Gasteiger partial charge >= 0.3 is 12.0 Å². The van der Waals surface area contributed by atoms with Gasteiger partial charge in [-0.3, -0.25) is 4.79 Å². The van der Waals surface area contributed by atoms with Crippen molar-refractivity contribution in [1.29, 1.82) is 0 Å². The van der Waals surface area contributed by atoms with Crippen LogP contribution in [-0.2, 0) is 9.53 Å². The number of carbonyl (C=O) groups is 2. The van der Waals surface area contributed by atoms with E-state index in [1.807, 2.05) is 0 Å². The van der Waals surface area contributed by atoms with E-state index in [2.05, 4.69) is 5.32 Å². The molecule has 0 aromatic carbocycles. The largest absolute Gasteiger partial charge is 0.480 e. The van der Waals surface area contributed by atoms with Crippen molar-refractivity contribution in [3.8, 4) is 0 Å². The Balaban J connectivity index is 1.82. The van der Waals surface area contributed by atoms with Gasteiger partial charge in [0.25, 0.3) is 0 Å². The third kappa shape index (κ3) is 4.18. The second-order valence-electron chi connectivity index (χ2n) is 5.05. The van der Waals surface area contributed by atoms with Gasteiger partial charge in [0.05, 0.1) is 0 Å². The molecule has 2 rings (SSSR count). The van der Waals surface area contributed by atoms with Crippen molar-refractivity contribution in [1.82, 2.24) is 10.2 Å². The zero-order valence-corrected chi connectivity index (χ0v) is 10.4. The quantitative estimate of drug-likeness (QED) is 0.758. The molecule has 1 saturated heterocycles. The number of hydrogen-bond acceptors (Lipinski definition) is 3. The number of urea groups is 1. The lowest BCUT2D eigenvalue weighted by molar-refractivity contribution is -0.137. The van der Waals surface area contributed by atoms with E-state index in [1.165, 1.54) is 4.90 Å². The average Bonchev–Trinajstić information content (AvgIpc) is 3.13. The summed E-state index contributed by atoms with van der Waals surface area (Å²) in [7, 11) is 0. The van der Waals surface area contributed by atoms with Crippen molar-refractivity contribution < 1.29 is 19.4 Å². The fourth-order valence-electron chi connectivity index (χ4n) is 2.10. The number of nitrogens with zero attached hydrogens (tertiary/aromatic N) is 1. The van der Waals surface area contributed by atoms with Crippen LogP contribution in [0.15, 0.2) is 0 Å². The minimum absolute atomic E-state index is 0.113. The number of amides is 2. The van der Waals surface area contributed by atoms with E-state index in [0.717, 1.165) is 25.7 Å². The molecule has 1 heterocycles. The summed E-state index contributed by atoms with van der Waals surface area (Å²) < 4.78 is 5.22. The van der Waals surface area contributed by atoms with E-state index >= 15 is 0 Å². The Bertz CT molecular complexity index is 311. The van der Waals surface area contributed by atoms with Crippen molar-refractivity contribution in [3.05, 3.63) is 0 Å². The molecule has 0 atom stereocenters. The van der Waals surface area contributed by atoms with Gasteiger partial charge in [-0.2, -0.15) is 0 Å². The first-order chi connectivity index (χ1) is 8.65. The van der Waals surface area contributed by atoms with Crippen LogP contribution in [-0.4, -0.2) is 54.4 Å². The zero-order valence-electron chi connectivity index (χ0n) is 10.4. The maximum absolute atomic E-state index is 12.0. The summed E-state index contributed by atoms with van der Waals surface area (Å²) in [5, 5.41) is 11.7. The van der Waals surface area contributed by atoms with Gasteiger partial charge in [0.15, 0.2) is 0 Å². The highest BCUT2D eigenvalue weighted by molar-refractivity contribution is 5.80. The molecule has 2 amide bonds. The number of aliphatic carboxylic acids is 1. The van der Waals surface area contributed by atoms with Gasteiger partial charge in [-0.1, -0.05) is 0 Å². The van der Waals surface area contributed by atoms with E-state index in [9.17, 15) is 9.59 Å². The van der Waals surface area contributed by atoms with E-state index in [4.69, 9.17) is 9.84 Å². The number of nitrogens with one attached hydrogen (secondary N) is 1. The second kappa shape index (κ2) is 6.04. The van der Waals surface area contributed by atoms with Crippen molar-refractivity contribution in [2.24, 2.45) is 5.92 Å². The molecule has 0 aromatic heterocycles. The molecule has 2 N–H and O–H groups in total. The molecule has 0 bridgehead atoms. The van der Waals surface area contributed by atoms with Crippen LogP contribution in [0.1, 0.15) is 25.7 Å². The first-order valence-corrected chi connectivity index (χ1v) is 6.50. The lowest BCUT2D eigenvalue weighted by Crippen LogP contribution is -2.48. The lowest BCUT2D eigenvalue weighted by Gasteiger charge is -2.27. The standard InChI is InChI=1S/C12H20N2O4/c15-11(16)8-14(7-9-1-2-9)12(17)13-10-3-5-18-6-4-10/h9-10H,1-8H2,(H,13,17)(H,15,16). The molecule has 6 nitrogen and oxygen atoms in total. The van der Waals surface area contributed by atoms with Crippen LogP contribution in [0, 0.1) is 5.92 Å². The van der Waals surface area contributed by atoms with Crippen LogP contribution >= 0.6 is 0 Å². The molecular formula is C12H20N2O4. The van der Waals surface area contributed by atoms with Gasteiger partial charge in [0.2, 0.25) is 0 Å². The predicted octanol–water partition coefficient (Wildman–Crippen LogP) is 0.672. The maximum Gasteiger partial charge on any atom is 0.323 e. The van der Waals surface area contributed by atoms with Gasteiger partial charge < -0.3 is 20.1 Å². The smallest absolute Gasteiger partial charge is 0.323 e. The van der Waals surface area contributed by atoms with Gasteiger partial charge in [-0.05, 0) is 31.6 Å². The zero-order chi connectivity index (χ0) is 13.0. The normalized spacial score (nSPS) is 20.4. The van der Waals surface area contributed by atoms with E-state index in [1.54, 1.807) is 0 Å². The third-order valence-electron chi connectivity index (χ3n) is 3.34. The van der Waals surface area contributed by atoms with Crippen molar-refractivity contribution >= 4 is 12.0 Å². The minimum Gasteiger partial charge on any atom is -0.480 e. The summed E-state index contributed by atoms with van der Waals surface area (Å²) in [5.74, 6) is -0.470. The molecular weight excluding hydrogens is 236 g/mol. The monoisotopic (exact) mass is 256 g/mol. The number of hydrogen-bond donors (Lipinski definition) is 2. The molecule has 2 fully saturated rings. The van der Waals surface area contributed by atoms with Crippen molar-refractivity contribution in [3.63, 3.8) is 0 Å². The molecule has 6 heteroatoms. The molecule has 2 aliphatic rings. The van der Waals surface area contributed by atoms with Gasteiger partial charge in [-0.25, -0.2) is 4.79 Å². The highest BCUT2D eigenvalue weighted by Crippen LogP contribution is 2.29. The van der Waals surface area contributed by atoms with Crippen LogP contribution in [0.2, 0.25) is 0 Å². The summed E-state index contributed by atoms with van der Waals surface area (Å²) in [6, 6.07) is -0.141. The summed E-state index contributed by atoms with van der Waals surface area (Å²) in [4.78, 5) is 24.2. The Morgan fingerprint density at radius 3 is 2.44 bits per heavy atom. The molecule has 1 aliphatic carbocycles. The van der Waals surface area contributed by atoms with Crippen LogP contribution < -0.4 is 5.32 Å². The first kappa shape index (κ1) is 13.1. The van der Waals surface area contributed by atoms with Crippen molar-refractivity contribution in [2.45, 2.75) is 31.7 Å². The topological polar surface area (TPSA) is 78.9 Å². The fraction of sp³-hybridized carbons (Fsp3) is 0.833. The number of carboxylic acid groups (broad SMARTS) is 1. The SMILES string of the molecule is O=C(O)CN(CC1CC1)C(=O)NC1CCOCC1. The highest BCUT2D eigenvalue weighted by atomic mass is 16.5. The number of carbonyl (C=O) groups excluding carboxylic acids is 1. The molecule has 1 saturated carbocycles. The Morgan fingerprint density at radius 2 is 1.89 bits per heavy atom. The van der Waals surface area contributed by atoms with Crippen molar-refractivity contribution in [2.75, 3.05) is 26.3 Å². The molecule has 0 unspecified atom stereocenters. The highest BCUT2D eigenvalue weighted by Gasteiger charge is 2.29. The van der Waals surface area contributed by atoms with Crippen LogP contribution in [0.25, 0.3) is 0 Å². The number of carboxylic acids is 1. The molecule has 1 aliphatic heterocycles. The van der Waals surface area contributed by atoms with E-state index < -0.39 is 5.97 Å².